The zero-order chi connectivity index (χ0) is 11.9. The van der Waals surface area contributed by atoms with Gasteiger partial charge < -0.3 is 15.5 Å². The Bertz CT molecular complexity index is 194. The van der Waals surface area contributed by atoms with Crippen LogP contribution in [0.4, 0.5) is 0 Å². The Hall–Kier alpha value is -0.120. The van der Waals surface area contributed by atoms with Gasteiger partial charge in [0.05, 0.1) is 0 Å². The van der Waals surface area contributed by atoms with E-state index in [0.29, 0.717) is 0 Å². The Balaban J connectivity index is 1.55. The number of hydrogen-bond acceptors (Lipinski definition) is 3. The maximum absolute atomic E-state index is 5.55. The molecule has 0 aromatic carbocycles. The third kappa shape index (κ3) is 4.57. The summed E-state index contributed by atoms with van der Waals surface area (Å²) in [5, 5.41) is 0. The van der Waals surface area contributed by atoms with Gasteiger partial charge in [-0.25, -0.2) is 0 Å². The molecule has 0 radical (unpaired) electrons. The molecule has 1 saturated carbocycles. The topological polar surface area (TPSA) is 32.5 Å². The summed E-state index contributed by atoms with van der Waals surface area (Å²) in [6.07, 6.45) is 8.56. The maximum Gasteiger partial charge on any atom is 0.0110 e. The van der Waals surface area contributed by atoms with Crippen LogP contribution in [0.5, 0.6) is 0 Å². The predicted octanol–water partition coefficient (Wildman–Crippen LogP) is 1.53. The SMILES string of the molecule is NCCCN1CCN(CCC2CCCC2)CC1. The van der Waals surface area contributed by atoms with Crippen molar-refractivity contribution in [2.75, 3.05) is 45.8 Å². The largest absolute Gasteiger partial charge is 0.330 e. The van der Waals surface area contributed by atoms with Crippen LogP contribution in [0.1, 0.15) is 38.5 Å². The fraction of sp³-hybridized carbons (Fsp3) is 1.00. The molecule has 1 heterocycles. The van der Waals surface area contributed by atoms with Gasteiger partial charge in [-0.1, -0.05) is 25.7 Å². The molecule has 1 aliphatic heterocycles. The Morgan fingerprint density at radius 3 is 2.06 bits per heavy atom. The number of piperazine rings is 1. The molecule has 0 bridgehead atoms. The fourth-order valence-corrected chi connectivity index (χ4v) is 3.22. The molecular weight excluding hydrogens is 210 g/mol. The van der Waals surface area contributed by atoms with Gasteiger partial charge in [0, 0.05) is 26.2 Å². The zero-order valence-corrected chi connectivity index (χ0v) is 11.2. The van der Waals surface area contributed by atoms with E-state index in [2.05, 4.69) is 9.80 Å². The molecule has 2 N–H and O–H groups in total. The monoisotopic (exact) mass is 239 g/mol. The standard InChI is InChI=1S/C14H29N3/c15-7-3-8-16-10-12-17(13-11-16)9-6-14-4-1-2-5-14/h14H,1-13,15H2. The molecule has 1 saturated heterocycles. The Morgan fingerprint density at radius 2 is 1.47 bits per heavy atom. The van der Waals surface area contributed by atoms with Crippen LogP contribution in [0.25, 0.3) is 0 Å². The van der Waals surface area contributed by atoms with Gasteiger partial charge in [-0.3, -0.25) is 0 Å². The lowest BCUT2D eigenvalue weighted by Gasteiger charge is -2.35. The van der Waals surface area contributed by atoms with Crippen molar-refractivity contribution in [2.24, 2.45) is 11.7 Å². The van der Waals surface area contributed by atoms with Gasteiger partial charge in [0.25, 0.3) is 0 Å². The first kappa shape index (κ1) is 13.3. The van der Waals surface area contributed by atoms with Crippen LogP contribution in [-0.4, -0.2) is 55.6 Å². The lowest BCUT2D eigenvalue weighted by atomic mass is 10.0. The lowest BCUT2D eigenvalue weighted by molar-refractivity contribution is 0.126. The third-order valence-corrected chi connectivity index (χ3v) is 4.47. The predicted molar refractivity (Wildman–Crippen MR) is 73.1 cm³/mol. The van der Waals surface area contributed by atoms with Gasteiger partial charge in [-0.15, -0.1) is 0 Å². The van der Waals surface area contributed by atoms with Crippen molar-refractivity contribution in [3.05, 3.63) is 0 Å². The molecule has 2 rings (SSSR count). The van der Waals surface area contributed by atoms with Crippen molar-refractivity contribution in [2.45, 2.75) is 38.5 Å². The lowest BCUT2D eigenvalue weighted by Crippen LogP contribution is -2.47. The first-order valence-corrected chi connectivity index (χ1v) is 7.53. The molecule has 0 unspecified atom stereocenters. The number of rotatable bonds is 6. The van der Waals surface area contributed by atoms with Crippen molar-refractivity contribution in [3.63, 3.8) is 0 Å². The molecule has 2 fully saturated rings. The van der Waals surface area contributed by atoms with E-state index in [1.165, 1.54) is 71.4 Å². The molecular formula is C14H29N3. The van der Waals surface area contributed by atoms with Gasteiger partial charge in [0.1, 0.15) is 0 Å². The molecule has 17 heavy (non-hydrogen) atoms. The van der Waals surface area contributed by atoms with Gasteiger partial charge in [0.15, 0.2) is 0 Å². The van der Waals surface area contributed by atoms with Crippen molar-refractivity contribution < 1.29 is 0 Å². The van der Waals surface area contributed by atoms with E-state index < -0.39 is 0 Å². The highest BCUT2D eigenvalue weighted by atomic mass is 15.3. The van der Waals surface area contributed by atoms with E-state index in [0.717, 1.165) is 18.9 Å². The summed E-state index contributed by atoms with van der Waals surface area (Å²) in [5.41, 5.74) is 5.55. The van der Waals surface area contributed by atoms with Crippen LogP contribution in [0, 0.1) is 5.92 Å². The maximum atomic E-state index is 5.55. The highest BCUT2D eigenvalue weighted by molar-refractivity contribution is 4.74. The quantitative estimate of drug-likeness (QED) is 0.763. The minimum Gasteiger partial charge on any atom is -0.330 e. The highest BCUT2D eigenvalue weighted by Gasteiger charge is 2.19. The first-order chi connectivity index (χ1) is 8.38. The molecule has 0 aromatic heterocycles. The minimum absolute atomic E-state index is 0.835. The molecule has 0 amide bonds. The van der Waals surface area contributed by atoms with Crippen LogP contribution >= 0.6 is 0 Å². The molecule has 2 aliphatic rings. The van der Waals surface area contributed by atoms with Gasteiger partial charge in [-0.05, 0) is 38.4 Å². The van der Waals surface area contributed by atoms with Crippen molar-refractivity contribution in [1.82, 2.24) is 9.80 Å². The summed E-state index contributed by atoms with van der Waals surface area (Å²) in [4.78, 5) is 5.23. The molecule has 0 spiro atoms. The number of nitrogens with zero attached hydrogens (tertiary/aromatic N) is 2. The van der Waals surface area contributed by atoms with Crippen LogP contribution in [-0.2, 0) is 0 Å². The highest BCUT2D eigenvalue weighted by Crippen LogP contribution is 2.27. The van der Waals surface area contributed by atoms with E-state index in [-0.39, 0.29) is 0 Å². The molecule has 0 aromatic rings. The Morgan fingerprint density at radius 1 is 0.882 bits per heavy atom. The summed E-state index contributed by atoms with van der Waals surface area (Å²) < 4.78 is 0. The summed E-state index contributed by atoms with van der Waals surface area (Å²) >= 11 is 0. The van der Waals surface area contributed by atoms with E-state index in [4.69, 9.17) is 5.73 Å². The summed E-state index contributed by atoms with van der Waals surface area (Å²) in [6, 6.07) is 0. The van der Waals surface area contributed by atoms with Crippen molar-refractivity contribution >= 4 is 0 Å². The molecule has 3 nitrogen and oxygen atoms in total. The molecule has 100 valence electrons. The van der Waals surface area contributed by atoms with Crippen molar-refractivity contribution in [3.8, 4) is 0 Å². The molecule has 0 atom stereocenters. The average Bonchev–Trinajstić information content (AvgIpc) is 2.88. The van der Waals surface area contributed by atoms with Crippen LogP contribution < -0.4 is 5.73 Å². The van der Waals surface area contributed by atoms with Crippen LogP contribution in [0.3, 0.4) is 0 Å². The molecule has 1 aliphatic carbocycles. The van der Waals surface area contributed by atoms with Crippen molar-refractivity contribution in [1.29, 1.82) is 0 Å². The van der Waals surface area contributed by atoms with Gasteiger partial charge in [0.2, 0.25) is 0 Å². The average molecular weight is 239 g/mol. The Kier molecular flexibility index (Phi) is 5.75. The van der Waals surface area contributed by atoms with E-state index in [1.54, 1.807) is 0 Å². The zero-order valence-electron chi connectivity index (χ0n) is 11.2. The minimum atomic E-state index is 0.835. The van der Waals surface area contributed by atoms with E-state index in [9.17, 15) is 0 Å². The van der Waals surface area contributed by atoms with Gasteiger partial charge in [-0.2, -0.15) is 0 Å². The second-order valence-electron chi connectivity index (χ2n) is 5.76. The van der Waals surface area contributed by atoms with E-state index in [1.807, 2.05) is 0 Å². The smallest absolute Gasteiger partial charge is 0.0110 e. The second-order valence-corrected chi connectivity index (χ2v) is 5.76. The summed E-state index contributed by atoms with van der Waals surface area (Å²) in [6.45, 7) is 8.44. The number of hydrogen-bond donors (Lipinski definition) is 1. The number of nitrogens with two attached hydrogens (primary N) is 1. The summed E-state index contributed by atoms with van der Waals surface area (Å²) in [7, 11) is 0. The summed E-state index contributed by atoms with van der Waals surface area (Å²) in [5.74, 6) is 1.05. The van der Waals surface area contributed by atoms with E-state index >= 15 is 0 Å². The third-order valence-electron chi connectivity index (χ3n) is 4.47. The van der Waals surface area contributed by atoms with Gasteiger partial charge >= 0.3 is 0 Å². The fourth-order valence-electron chi connectivity index (χ4n) is 3.22. The molecule has 3 heteroatoms. The second kappa shape index (κ2) is 7.34. The normalized spacial score (nSPS) is 24.5. The Labute approximate surface area is 106 Å². The van der Waals surface area contributed by atoms with Crippen LogP contribution in [0.15, 0.2) is 0 Å². The first-order valence-electron chi connectivity index (χ1n) is 7.53. The van der Waals surface area contributed by atoms with Crippen LogP contribution in [0.2, 0.25) is 0 Å².